The van der Waals surface area contributed by atoms with Gasteiger partial charge in [-0.05, 0) is 157 Å². The number of fused-ring (bicyclic) bond motifs is 9. The van der Waals surface area contributed by atoms with Crippen LogP contribution in [0, 0.1) is 0 Å². The van der Waals surface area contributed by atoms with Gasteiger partial charge in [-0.25, -0.2) is 0 Å². The van der Waals surface area contributed by atoms with E-state index in [1.807, 2.05) is 0 Å². The lowest BCUT2D eigenvalue weighted by Crippen LogP contribution is -2.61. The third-order valence-electron chi connectivity index (χ3n) is 21.7. The highest BCUT2D eigenvalue weighted by atomic mass is 15.2. The molecule has 1 aromatic heterocycles. The van der Waals surface area contributed by atoms with E-state index >= 15 is 0 Å². The Hall–Kier alpha value is -12.5. The molecule has 0 fully saturated rings. The van der Waals surface area contributed by atoms with Crippen LogP contribution in [0.5, 0.6) is 0 Å². The van der Waals surface area contributed by atoms with Gasteiger partial charge in [0.25, 0.3) is 6.71 Å². The maximum absolute atomic E-state index is 2.70. The molecule has 2 aliphatic rings. The van der Waals surface area contributed by atoms with Crippen LogP contribution in [0.2, 0.25) is 0 Å². The van der Waals surface area contributed by atoms with Crippen LogP contribution in [0.25, 0.3) is 137 Å². The lowest BCUT2D eigenvalue weighted by molar-refractivity contribution is 0.590. The average Bonchev–Trinajstić information content (AvgIpc) is 0.785. The molecule has 2 aliphatic heterocycles. The summed E-state index contributed by atoms with van der Waals surface area (Å²) in [7, 11) is 0. The molecule has 4 heteroatoms. The van der Waals surface area contributed by atoms with Gasteiger partial charge in [0.05, 0.1) is 22.4 Å². The van der Waals surface area contributed by atoms with Gasteiger partial charge in [0.1, 0.15) is 0 Å². The lowest BCUT2D eigenvalue weighted by atomic mass is 9.33. The third kappa shape index (κ3) is 8.86. The molecule has 0 bridgehead atoms. The van der Waals surface area contributed by atoms with Gasteiger partial charge in [-0.3, -0.25) is 0 Å². The van der Waals surface area contributed by atoms with Crippen molar-refractivity contribution in [1.29, 1.82) is 0 Å². The van der Waals surface area contributed by atoms with Gasteiger partial charge in [-0.1, -0.05) is 324 Å². The predicted molar refractivity (Wildman–Crippen MR) is 427 cm³/mol. The highest BCUT2D eigenvalue weighted by Crippen LogP contribution is 2.55. The van der Waals surface area contributed by atoms with Crippen molar-refractivity contribution < 1.29 is 0 Å². The SMILES string of the molecule is CC(C)(C)c1ccc(-c2cc3c4c(c2)N(c2c(-c5ccccc5)cccc2-c2ccccc2)c2cc(-n5c6ccccc6c6ccccc65)ccc2B4c2cc(-c4ccc5cccc6c7cccc8cccc(c4c56)c87)ccc2N3c2c(-c3ccccc3)cccc2-c2ccccc2)cc1. The lowest BCUT2D eigenvalue weighted by Gasteiger charge is -2.46. The quantitative estimate of drug-likeness (QED) is 0.0811. The number of hydrogen-bond acceptors (Lipinski definition) is 2. The van der Waals surface area contributed by atoms with E-state index in [0.717, 1.165) is 95.4 Å². The van der Waals surface area contributed by atoms with E-state index in [1.54, 1.807) is 0 Å². The zero-order valence-corrected chi connectivity index (χ0v) is 55.8. The molecular weight excluding hydrogens is 1210 g/mol. The zero-order chi connectivity index (χ0) is 66.3. The minimum Gasteiger partial charge on any atom is -0.310 e. The molecule has 0 spiro atoms. The molecule has 0 saturated carbocycles. The van der Waals surface area contributed by atoms with Crippen molar-refractivity contribution in [2.24, 2.45) is 0 Å². The summed E-state index contributed by atoms with van der Waals surface area (Å²) in [5.41, 5.74) is 28.9. The Balaban J connectivity index is 0.967. The number of aromatic nitrogens is 1. The molecule has 0 aliphatic carbocycles. The first-order valence-electron chi connectivity index (χ1n) is 35.0. The molecule has 18 aromatic rings. The van der Waals surface area contributed by atoms with Gasteiger partial charge in [0.2, 0.25) is 0 Å². The van der Waals surface area contributed by atoms with E-state index in [0.29, 0.717) is 0 Å². The van der Waals surface area contributed by atoms with E-state index < -0.39 is 0 Å². The largest absolute Gasteiger partial charge is 0.310 e. The second-order valence-electron chi connectivity index (χ2n) is 28.2. The Labute approximate surface area is 582 Å². The van der Waals surface area contributed by atoms with Crippen LogP contribution in [0.4, 0.5) is 34.1 Å². The smallest absolute Gasteiger partial charge is 0.252 e. The van der Waals surface area contributed by atoms with Crippen molar-refractivity contribution in [2.75, 3.05) is 9.80 Å². The molecular formula is C96H66BN3. The molecule has 0 unspecified atom stereocenters. The van der Waals surface area contributed by atoms with E-state index in [4.69, 9.17) is 0 Å². The topological polar surface area (TPSA) is 11.4 Å². The summed E-state index contributed by atoms with van der Waals surface area (Å²) in [5, 5.41) is 12.7. The van der Waals surface area contributed by atoms with Crippen LogP contribution < -0.4 is 26.2 Å². The molecule has 20 rings (SSSR count). The first-order chi connectivity index (χ1) is 49.3. The molecule has 0 amide bonds. The van der Waals surface area contributed by atoms with Crippen LogP contribution in [0.1, 0.15) is 26.3 Å². The van der Waals surface area contributed by atoms with Crippen molar-refractivity contribution in [3.8, 4) is 72.4 Å². The maximum Gasteiger partial charge on any atom is 0.252 e. The minimum absolute atomic E-state index is 0.0454. The molecule has 0 radical (unpaired) electrons. The number of hydrogen-bond donors (Lipinski definition) is 0. The van der Waals surface area contributed by atoms with Crippen LogP contribution in [0.3, 0.4) is 0 Å². The van der Waals surface area contributed by atoms with Crippen molar-refractivity contribution >= 4 is 122 Å². The Morgan fingerprint density at radius 3 is 1.24 bits per heavy atom. The fourth-order valence-electron chi connectivity index (χ4n) is 17.2. The van der Waals surface area contributed by atoms with Crippen molar-refractivity contribution in [2.45, 2.75) is 26.2 Å². The zero-order valence-electron chi connectivity index (χ0n) is 55.8. The van der Waals surface area contributed by atoms with Gasteiger partial charge in [-0.15, -0.1) is 0 Å². The summed E-state index contributed by atoms with van der Waals surface area (Å²) >= 11 is 0. The second kappa shape index (κ2) is 22.5. The Kier molecular flexibility index (Phi) is 13.0. The monoisotopic (exact) mass is 1270 g/mol. The Morgan fingerprint density at radius 2 is 0.710 bits per heavy atom. The Bertz CT molecular complexity index is 6130. The summed E-state index contributed by atoms with van der Waals surface area (Å²) in [6.45, 7) is 6.66. The van der Waals surface area contributed by atoms with E-state index in [9.17, 15) is 0 Å². The fourth-order valence-corrected chi connectivity index (χ4v) is 17.2. The van der Waals surface area contributed by atoms with Crippen LogP contribution in [-0.4, -0.2) is 11.3 Å². The Morgan fingerprint density at radius 1 is 0.260 bits per heavy atom. The summed E-state index contributed by atoms with van der Waals surface area (Å²) in [5.74, 6) is 0. The third-order valence-corrected chi connectivity index (χ3v) is 21.7. The van der Waals surface area contributed by atoms with Crippen molar-refractivity contribution in [1.82, 2.24) is 4.57 Å². The molecule has 0 N–H and O–H groups in total. The number of nitrogens with zero attached hydrogens (tertiary/aromatic N) is 3. The molecule has 0 atom stereocenters. The summed E-state index contributed by atoms with van der Waals surface area (Å²) in [6, 6.07) is 131. The summed E-state index contributed by atoms with van der Waals surface area (Å²) in [6.07, 6.45) is 0. The summed E-state index contributed by atoms with van der Waals surface area (Å²) < 4.78 is 2.50. The van der Waals surface area contributed by atoms with Gasteiger partial charge in [0.15, 0.2) is 0 Å². The van der Waals surface area contributed by atoms with Gasteiger partial charge in [0, 0.05) is 61.5 Å². The van der Waals surface area contributed by atoms with Gasteiger partial charge >= 0.3 is 0 Å². The molecule has 0 saturated heterocycles. The highest BCUT2D eigenvalue weighted by Gasteiger charge is 2.46. The van der Waals surface area contributed by atoms with Crippen LogP contribution in [0.15, 0.2) is 346 Å². The first kappa shape index (κ1) is 57.7. The van der Waals surface area contributed by atoms with E-state index in [-0.39, 0.29) is 12.1 Å². The predicted octanol–water partition coefficient (Wildman–Crippen LogP) is 24.2. The molecule has 468 valence electrons. The maximum atomic E-state index is 2.70. The standard InChI is InChI=1S/C96H66BN3/c1-96(2,3)70-51-47-61(48-52-70)69-58-88-93-89(59-69)100(95-75(64-29-12-6-13-30-64)40-24-41-76(95)65-31-14-7-15-32-65)87-60-71(98-84-45-18-16-36-77(84)78-37-17-19-46-85(78)98)53-55-82(87)97(93)83-57-68(72-54-49-67-35-21-43-80-79-42-20-33-66-34-22-44-81(90(66)79)92(72)91(67)80)50-56-86(83)99(88)94-73(62-25-8-4-9-26-62)38-23-39-74(94)63-27-10-5-11-28-63/h4-60H,1-3H3. The van der Waals surface area contributed by atoms with Crippen LogP contribution in [-0.2, 0) is 5.41 Å². The molecule has 100 heavy (non-hydrogen) atoms. The molecule has 3 nitrogen and oxygen atoms in total. The fraction of sp³-hybridized carbons (Fsp3) is 0.0417. The summed E-state index contributed by atoms with van der Waals surface area (Å²) in [4.78, 5) is 5.38. The number of para-hydroxylation sites is 4. The van der Waals surface area contributed by atoms with Crippen LogP contribution >= 0.6 is 0 Å². The minimum atomic E-state index is -0.267. The van der Waals surface area contributed by atoms with Crippen molar-refractivity contribution in [3.63, 3.8) is 0 Å². The molecule has 17 aromatic carbocycles. The highest BCUT2D eigenvalue weighted by molar-refractivity contribution is 7.00. The number of benzene rings is 17. The van der Waals surface area contributed by atoms with Crippen molar-refractivity contribution in [3.05, 3.63) is 351 Å². The average molecular weight is 1270 g/mol. The second-order valence-corrected chi connectivity index (χ2v) is 28.2. The first-order valence-corrected chi connectivity index (χ1v) is 35.0. The van der Waals surface area contributed by atoms with E-state index in [1.165, 1.54) is 98.0 Å². The van der Waals surface area contributed by atoms with Gasteiger partial charge in [-0.2, -0.15) is 0 Å². The van der Waals surface area contributed by atoms with E-state index in [2.05, 4.69) is 381 Å². The number of rotatable bonds is 9. The number of anilines is 6. The normalized spacial score (nSPS) is 12.7. The molecule has 3 heterocycles. The van der Waals surface area contributed by atoms with Gasteiger partial charge < -0.3 is 14.4 Å².